The van der Waals surface area contributed by atoms with Crippen LogP contribution in [0.15, 0.2) is 24.3 Å². The van der Waals surface area contributed by atoms with Crippen LogP contribution in [-0.2, 0) is 21.2 Å². The number of sulfone groups is 1. The molecule has 3 rings (SSSR count). The molecule has 1 saturated carbocycles. The largest absolute Gasteiger partial charge is 0.351 e. The summed E-state index contributed by atoms with van der Waals surface area (Å²) in [5.74, 6) is -0.256. The summed E-state index contributed by atoms with van der Waals surface area (Å²) in [4.78, 5) is 14.2. The van der Waals surface area contributed by atoms with E-state index in [1.165, 1.54) is 12.1 Å². The van der Waals surface area contributed by atoms with E-state index in [9.17, 15) is 17.6 Å². The number of amides is 1. The molecule has 7 heteroatoms. The number of hydrogen-bond acceptors (Lipinski definition) is 4. The fraction of sp³-hybridized carbons (Fsp3) is 0.562. The van der Waals surface area contributed by atoms with Crippen LogP contribution >= 0.6 is 0 Å². The molecule has 126 valence electrons. The van der Waals surface area contributed by atoms with Crippen molar-refractivity contribution < 1.29 is 17.6 Å². The molecule has 1 N–H and O–H groups in total. The average Bonchev–Trinajstić information content (AvgIpc) is 3.24. The van der Waals surface area contributed by atoms with Gasteiger partial charge in [-0.05, 0) is 37.0 Å². The quantitative estimate of drug-likeness (QED) is 0.842. The van der Waals surface area contributed by atoms with E-state index in [2.05, 4.69) is 5.32 Å². The van der Waals surface area contributed by atoms with Gasteiger partial charge in [0, 0.05) is 18.6 Å². The number of nitrogens with zero attached hydrogens (tertiary/aromatic N) is 1. The topological polar surface area (TPSA) is 66.5 Å². The predicted octanol–water partition coefficient (Wildman–Crippen LogP) is 1.09. The fourth-order valence-corrected chi connectivity index (χ4v) is 4.66. The van der Waals surface area contributed by atoms with Gasteiger partial charge >= 0.3 is 0 Å². The third-order valence-corrected chi connectivity index (χ3v) is 6.05. The van der Waals surface area contributed by atoms with E-state index in [0.717, 1.165) is 18.4 Å². The van der Waals surface area contributed by atoms with Crippen LogP contribution in [0.1, 0.15) is 24.8 Å². The highest BCUT2D eigenvalue weighted by Gasteiger charge is 2.32. The Labute approximate surface area is 135 Å². The second-order valence-electron chi connectivity index (χ2n) is 6.43. The van der Waals surface area contributed by atoms with Crippen LogP contribution in [0.25, 0.3) is 0 Å². The second kappa shape index (κ2) is 6.57. The Morgan fingerprint density at radius 2 is 2.09 bits per heavy atom. The number of hydrogen-bond donors (Lipinski definition) is 1. The third-order valence-electron chi connectivity index (χ3n) is 4.28. The molecule has 0 spiro atoms. The minimum absolute atomic E-state index is 0.0338. The molecule has 1 heterocycles. The summed E-state index contributed by atoms with van der Waals surface area (Å²) in [7, 11) is -3.00. The lowest BCUT2D eigenvalue weighted by atomic mass is 10.2. The van der Waals surface area contributed by atoms with Gasteiger partial charge in [0.25, 0.3) is 0 Å². The zero-order chi connectivity index (χ0) is 16.4. The van der Waals surface area contributed by atoms with Crippen molar-refractivity contribution in [3.05, 3.63) is 35.6 Å². The molecule has 1 atom stereocenters. The van der Waals surface area contributed by atoms with E-state index < -0.39 is 9.84 Å². The molecular weight excluding hydrogens is 319 g/mol. The first-order valence-corrected chi connectivity index (χ1v) is 9.72. The van der Waals surface area contributed by atoms with Crippen molar-refractivity contribution in [3.8, 4) is 0 Å². The van der Waals surface area contributed by atoms with Gasteiger partial charge in [-0.1, -0.05) is 12.1 Å². The molecule has 23 heavy (non-hydrogen) atoms. The van der Waals surface area contributed by atoms with E-state index in [0.29, 0.717) is 19.0 Å². The number of nitrogens with one attached hydrogen (secondary N) is 1. The number of halogens is 1. The molecule has 1 aliphatic heterocycles. The Hall–Kier alpha value is -1.47. The zero-order valence-electron chi connectivity index (χ0n) is 12.9. The first-order chi connectivity index (χ1) is 10.9. The highest BCUT2D eigenvalue weighted by atomic mass is 32.2. The van der Waals surface area contributed by atoms with Gasteiger partial charge in [0.2, 0.25) is 5.91 Å². The van der Waals surface area contributed by atoms with Gasteiger partial charge in [-0.25, -0.2) is 12.8 Å². The van der Waals surface area contributed by atoms with Crippen LogP contribution in [0.5, 0.6) is 0 Å². The Kier molecular flexibility index (Phi) is 4.68. The second-order valence-corrected chi connectivity index (χ2v) is 8.66. The molecule has 1 aliphatic carbocycles. The summed E-state index contributed by atoms with van der Waals surface area (Å²) < 4.78 is 36.2. The van der Waals surface area contributed by atoms with Crippen molar-refractivity contribution in [2.24, 2.45) is 0 Å². The molecule has 5 nitrogen and oxygen atoms in total. The van der Waals surface area contributed by atoms with Crippen molar-refractivity contribution in [1.29, 1.82) is 0 Å². The lowest BCUT2D eigenvalue weighted by Crippen LogP contribution is -2.43. The van der Waals surface area contributed by atoms with Crippen LogP contribution < -0.4 is 5.32 Å². The lowest BCUT2D eigenvalue weighted by Gasteiger charge is -2.22. The standard InChI is InChI=1S/C16H21FN2O3S/c17-13-3-1-2-12(8-13)9-19(15-4-5-15)10-16(20)18-14-6-7-23(21,22)11-14/h1-3,8,14-15H,4-7,9-11H2,(H,18,20). The predicted molar refractivity (Wildman–Crippen MR) is 85.0 cm³/mol. The minimum atomic E-state index is -3.00. The highest BCUT2D eigenvalue weighted by Crippen LogP contribution is 2.28. The van der Waals surface area contributed by atoms with Crippen LogP contribution in [0.4, 0.5) is 4.39 Å². The van der Waals surface area contributed by atoms with E-state index in [1.54, 1.807) is 6.07 Å². The van der Waals surface area contributed by atoms with Gasteiger partial charge in [-0.3, -0.25) is 9.69 Å². The van der Waals surface area contributed by atoms with Gasteiger partial charge in [-0.15, -0.1) is 0 Å². The Morgan fingerprint density at radius 3 is 2.70 bits per heavy atom. The molecule has 1 amide bonds. The Balaban J connectivity index is 1.56. The first kappa shape index (κ1) is 16.4. The summed E-state index contributed by atoms with van der Waals surface area (Å²) in [6.07, 6.45) is 2.57. The van der Waals surface area contributed by atoms with Gasteiger partial charge < -0.3 is 5.32 Å². The minimum Gasteiger partial charge on any atom is -0.351 e. The van der Waals surface area contributed by atoms with Crippen molar-refractivity contribution in [1.82, 2.24) is 10.2 Å². The van der Waals surface area contributed by atoms with Crippen LogP contribution in [0.2, 0.25) is 0 Å². The summed E-state index contributed by atoms with van der Waals surface area (Å²) in [6, 6.07) is 6.48. The maximum atomic E-state index is 13.3. The van der Waals surface area contributed by atoms with E-state index in [1.807, 2.05) is 11.0 Å². The van der Waals surface area contributed by atoms with E-state index >= 15 is 0 Å². The molecule has 1 aromatic carbocycles. The normalized spacial score (nSPS) is 23.1. The van der Waals surface area contributed by atoms with Gasteiger partial charge in [-0.2, -0.15) is 0 Å². The van der Waals surface area contributed by atoms with E-state index in [-0.39, 0.29) is 35.8 Å². The third kappa shape index (κ3) is 4.75. The summed E-state index contributed by atoms with van der Waals surface area (Å²) in [5.41, 5.74) is 0.841. The van der Waals surface area contributed by atoms with Crippen LogP contribution in [-0.4, -0.2) is 49.4 Å². The van der Waals surface area contributed by atoms with Gasteiger partial charge in [0.15, 0.2) is 9.84 Å². The Bertz CT molecular complexity index is 688. The van der Waals surface area contributed by atoms with E-state index in [4.69, 9.17) is 0 Å². The van der Waals surface area contributed by atoms with Gasteiger partial charge in [0.1, 0.15) is 5.82 Å². The monoisotopic (exact) mass is 340 g/mol. The number of rotatable bonds is 6. The van der Waals surface area contributed by atoms with Crippen LogP contribution in [0, 0.1) is 5.82 Å². The molecule has 2 fully saturated rings. The number of benzene rings is 1. The summed E-state index contributed by atoms with van der Waals surface area (Å²) in [5, 5.41) is 2.81. The summed E-state index contributed by atoms with van der Waals surface area (Å²) in [6.45, 7) is 0.747. The van der Waals surface area contributed by atoms with Crippen molar-refractivity contribution >= 4 is 15.7 Å². The van der Waals surface area contributed by atoms with Crippen molar-refractivity contribution in [3.63, 3.8) is 0 Å². The smallest absolute Gasteiger partial charge is 0.234 e. The SMILES string of the molecule is O=C(CN(Cc1cccc(F)c1)C1CC1)NC1CCS(=O)(=O)C1. The molecule has 1 unspecified atom stereocenters. The number of carbonyl (C=O) groups excluding carboxylic acids is 1. The lowest BCUT2D eigenvalue weighted by molar-refractivity contribution is -0.123. The van der Waals surface area contributed by atoms with Crippen LogP contribution in [0.3, 0.4) is 0 Å². The molecule has 0 bridgehead atoms. The molecule has 0 aromatic heterocycles. The molecular formula is C16H21FN2O3S. The molecule has 1 saturated heterocycles. The Morgan fingerprint density at radius 1 is 1.30 bits per heavy atom. The molecule has 0 radical (unpaired) electrons. The maximum Gasteiger partial charge on any atom is 0.234 e. The molecule has 1 aromatic rings. The fourth-order valence-electron chi connectivity index (χ4n) is 2.99. The maximum absolute atomic E-state index is 13.3. The average molecular weight is 340 g/mol. The van der Waals surface area contributed by atoms with Crippen molar-refractivity contribution in [2.75, 3.05) is 18.1 Å². The van der Waals surface area contributed by atoms with Crippen molar-refractivity contribution in [2.45, 2.75) is 37.9 Å². The van der Waals surface area contributed by atoms with Gasteiger partial charge in [0.05, 0.1) is 18.1 Å². The number of carbonyl (C=O) groups is 1. The highest BCUT2D eigenvalue weighted by molar-refractivity contribution is 7.91. The molecule has 2 aliphatic rings. The first-order valence-electron chi connectivity index (χ1n) is 7.89. The summed E-state index contributed by atoms with van der Waals surface area (Å²) >= 11 is 0. The zero-order valence-corrected chi connectivity index (χ0v) is 13.7.